The second-order valence-electron chi connectivity index (χ2n) is 6.89. The number of benzene rings is 2. The van der Waals surface area contributed by atoms with Crippen LogP contribution in [0.2, 0.25) is 0 Å². The first-order valence-electron chi connectivity index (χ1n) is 8.67. The third-order valence-electron chi connectivity index (χ3n) is 4.07. The molecular formula is C20H26N2O3S. The zero-order valence-electron chi connectivity index (χ0n) is 15.7. The van der Waals surface area contributed by atoms with Gasteiger partial charge < -0.3 is 5.32 Å². The van der Waals surface area contributed by atoms with Crippen molar-refractivity contribution in [2.45, 2.75) is 39.0 Å². The predicted molar refractivity (Wildman–Crippen MR) is 105 cm³/mol. The fraction of sp³-hybridized carbons (Fsp3) is 0.350. The average molecular weight is 375 g/mol. The van der Waals surface area contributed by atoms with Gasteiger partial charge in [-0.05, 0) is 56.0 Å². The van der Waals surface area contributed by atoms with Crippen molar-refractivity contribution < 1.29 is 13.2 Å². The van der Waals surface area contributed by atoms with Crippen molar-refractivity contribution in [1.82, 2.24) is 5.32 Å². The molecular weight excluding hydrogens is 348 g/mol. The number of nitrogens with one attached hydrogen (secondary N) is 2. The van der Waals surface area contributed by atoms with Crippen molar-refractivity contribution in [1.29, 1.82) is 0 Å². The minimum atomic E-state index is -3.76. The Kier molecular flexibility index (Phi) is 6.42. The van der Waals surface area contributed by atoms with Crippen LogP contribution in [0, 0.1) is 19.8 Å². The maximum Gasteiger partial charge on any atom is 0.261 e. The van der Waals surface area contributed by atoms with Crippen LogP contribution in [0.4, 0.5) is 5.69 Å². The molecule has 140 valence electrons. The zero-order chi connectivity index (χ0) is 19.3. The van der Waals surface area contributed by atoms with E-state index < -0.39 is 10.0 Å². The van der Waals surface area contributed by atoms with E-state index in [9.17, 15) is 13.2 Å². The van der Waals surface area contributed by atoms with Gasteiger partial charge >= 0.3 is 0 Å². The Morgan fingerprint density at radius 1 is 1.04 bits per heavy atom. The van der Waals surface area contributed by atoms with Gasteiger partial charge in [-0.15, -0.1) is 0 Å². The van der Waals surface area contributed by atoms with E-state index in [1.807, 2.05) is 19.1 Å². The molecule has 5 nitrogen and oxygen atoms in total. The number of rotatable bonds is 7. The van der Waals surface area contributed by atoms with Crippen LogP contribution in [0.1, 0.15) is 41.8 Å². The molecule has 0 spiro atoms. The first kappa shape index (κ1) is 20.0. The number of amides is 1. The average Bonchev–Trinajstić information content (AvgIpc) is 2.56. The Balaban J connectivity index is 2.21. The molecule has 6 heteroatoms. The van der Waals surface area contributed by atoms with Gasteiger partial charge in [0.05, 0.1) is 4.90 Å². The van der Waals surface area contributed by atoms with Crippen LogP contribution in [-0.4, -0.2) is 20.9 Å². The van der Waals surface area contributed by atoms with Crippen LogP contribution >= 0.6 is 0 Å². The molecule has 1 amide bonds. The lowest BCUT2D eigenvalue weighted by Crippen LogP contribution is -2.26. The minimum absolute atomic E-state index is 0.0673. The van der Waals surface area contributed by atoms with E-state index in [1.54, 1.807) is 25.1 Å². The molecule has 0 atom stereocenters. The van der Waals surface area contributed by atoms with Crippen LogP contribution in [0.3, 0.4) is 0 Å². The van der Waals surface area contributed by atoms with Gasteiger partial charge in [0.2, 0.25) is 0 Å². The van der Waals surface area contributed by atoms with Gasteiger partial charge in [-0.25, -0.2) is 8.42 Å². The highest BCUT2D eigenvalue weighted by atomic mass is 32.2. The SMILES string of the molecule is Cc1ccc(NS(=O)(=O)c2ccc(C)c(C(=O)NCCC(C)C)c2)cc1. The van der Waals surface area contributed by atoms with Gasteiger partial charge in [0.25, 0.3) is 15.9 Å². The normalized spacial score (nSPS) is 11.4. The summed E-state index contributed by atoms with van der Waals surface area (Å²) in [5, 5.41) is 2.85. The molecule has 2 aromatic rings. The molecule has 0 fully saturated rings. The second kappa shape index (κ2) is 8.36. The summed E-state index contributed by atoms with van der Waals surface area (Å²) in [5.41, 5.74) is 2.64. The molecule has 0 unspecified atom stereocenters. The van der Waals surface area contributed by atoms with Gasteiger partial charge in [-0.3, -0.25) is 9.52 Å². The van der Waals surface area contributed by atoms with Gasteiger partial charge in [-0.1, -0.05) is 37.6 Å². The monoisotopic (exact) mass is 374 g/mol. The van der Waals surface area contributed by atoms with Crippen molar-refractivity contribution in [3.63, 3.8) is 0 Å². The maximum absolute atomic E-state index is 12.6. The Morgan fingerprint density at radius 2 is 1.69 bits per heavy atom. The zero-order valence-corrected chi connectivity index (χ0v) is 16.5. The number of carbonyl (C=O) groups excluding carboxylic acids is 1. The topological polar surface area (TPSA) is 75.3 Å². The van der Waals surface area contributed by atoms with E-state index in [0.717, 1.165) is 17.5 Å². The molecule has 0 bridgehead atoms. The largest absolute Gasteiger partial charge is 0.352 e. The highest BCUT2D eigenvalue weighted by Gasteiger charge is 2.18. The molecule has 0 radical (unpaired) electrons. The van der Waals surface area contributed by atoms with Crippen LogP contribution in [0.15, 0.2) is 47.4 Å². The first-order valence-corrected chi connectivity index (χ1v) is 10.2. The molecule has 0 aliphatic rings. The maximum atomic E-state index is 12.6. The Bertz CT molecular complexity index is 872. The lowest BCUT2D eigenvalue weighted by Gasteiger charge is -2.12. The summed E-state index contributed by atoms with van der Waals surface area (Å²) in [6.45, 7) is 8.46. The summed E-state index contributed by atoms with van der Waals surface area (Å²) >= 11 is 0. The van der Waals surface area contributed by atoms with Crippen LogP contribution in [0.5, 0.6) is 0 Å². The molecule has 2 rings (SSSR count). The highest BCUT2D eigenvalue weighted by molar-refractivity contribution is 7.92. The number of carbonyl (C=O) groups is 1. The number of aryl methyl sites for hydroxylation is 2. The van der Waals surface area contributed by atoms with Crippen LogP contribution < -0.4 is 10.0 Å². The summed E-state index contributed by atoms with van der Waals surface area (Å²) in [4.78, 5) is 12.5. The van der Waals surface area contributed by atoms with Gasteiger partial charge in [0, 0.05) is 17.8 Å². The number of hydrogen-bond donors (Lipinski definition) is 2. The lowest BCUT2D eigenvalue weighted by molar-refractivity contribution is 0.0951. The summed E-state index contributed by atoms with van der Waals surface area (Å²) < 4.78 is 27.8. The highest BCUT2D eigenvalue weighted by Crippen LogP contribution is 2.20. The Morgan fingerprint density at radius 3 is 2.31 bits per heavy atom. The lowest BCUT2D eigenvalue weighted by atomic mass is 10.1. The van der Waals surface area contributed by atoms with Gasteiger partial charge in [0.15, 0.2) is 0 Å². The second-order valence-corrected chi connectivity index (χ2v) is 8.57. The summed E-state index contributed by atoms with van der Waals surface area (Å²) in [7, 11) is -3.76. The van der Waals surface area contributed by atoms with Gasteiger partial charge in [-0.2, -0.15) is 0 Å². The molecule has 0 saturated heterocycles. The van der Waals surface area contributed by atoms with Crippen molar-refractivity contribution >= 4 is 21.6 Å². The molecule has 0 aromatic heterocycles. The molecule has 2 aromatic carbocycles. The molecule has 0 heterocycles. The summed E-state index contributed by atoms with van der Waals surface area (Å²) in [6, 6.07) is 11.7. The van der Waals surface area contributed by atoms with Crippen molar-refractivity contribution in [2.75, 3.05) is 11.3 Å². The molecule has 0 aliphatic heterocycles. The van der Waals surface area contributed by atoms with E-state index >= 15 is 0 Å². The molecule has 2 N–H and O–H groups in total. The predicted octanol–water partition coefficient (Wildman–Crippen LogP) is 3.88. The molecule has 0 aliphatic carbocycles. The van der Waals surface area contributed by atoms with Crippen LogP contribution in [-0.2, 0) is 10.0 Å². The number of hydrogen-bond acceptors (Lipinski definition) is 3. The fourth-order valence-electron chi connectivity index (χ4n) is 2.42. The van der Waals surface area contributed by atoms with Crippen LogP contribution in [0.25, 0.3) is 0 Å². The summed E-state index contributed by atoms with van der Waals surface area (Å²) in [6.07, 6.45) is 0.873. The van der Waals surface area contributed by atoms with Crippen molar-refractivity contribution in [3.8, 4) is 0 Å². The first-order chi connectivity index (χ1) is 12.2. The van der Waals surface area contributed by atoms with Crippen molar-refractivity contribution in [2.24, 2.45) is 5.92 Å². The Hall–Kier alpha value is -2.34. The Labute approximate surface area is 155 Å². The minimum Gasteiger partial charge on any atom is -0.352 e. The standard InChI is InChI=1S/C20H26N2O3S/c1-14(2)11-12-21-20(23)19-13-18(10-7-16(19)4)26(24,25)22-17-8-5-15(3)6-9-17/h5-10,13-14,22H,11-12H2,1-4H3,(H,21,23). The number of sulfonamides is 1. The van der Waals surface area contributed by atoms with E-state index in [4.69, 9.17) is 0 Å². The van der Waals surface area contributed by atoms with Crippen molar-refractivity contribution in [3.05, 3.63) is 59.2 Å². The van der Waals surface area contributed by atoms with E-state index in [2.05, 4.69) is 23.9 Å². The quantitative estimate of drug-likeness (QED) is 0.772. The third kappa shape index (κ3) is 5.33. The number of anilines is 1. The van der Waals surface area contributed by atoms with Gasteiger partial charge in [0.1, 0.15) is 0 Å². The molecule has 26 heavy (non-hydrogen) atoms. The smallest absolute Gasteiger partial charge is 0.261 e. The fourth-order valence-corrected chi connectivity index (χ4v) is 3.50. The van der Waals surface area contributed by atoms with E-state index in [-0.39, 0.29) is 10.8 Å². The molecule has 0 saturated carbocycles. The van der Waals surface area contributed by atoms with E-state index in [1.165, 1.54) is 12.1 Å². The third-order valence-corrected chi connectivity index (χ3v) is 5.45. The van der Waals surface area contributed by atoms with E-state index in [0.29, 0.717) is 23.7 Å². The summed E-state index contributed by atoms with van der Waals surface area (Å²) in [5.74, 6) is 0.234.